The average molecular weight is 516 g/mol. The van der Waals surface area contributed by atoms with Crippen molar-refractivity contribution in [1.29, 1.82) is 0 Å². The molecule has 1 amide bonds. The Balaban J connectivity index is 1.68. The second-order valence-corrected chi connectivity index (χ2v) is 8.38. The molecule has 1 aliphatic rings. The molecule has 1 aliphatic heterocycles. The first-order chi connectivity index (χ1) is 13.8. The van der Waals surface area contributed by atoms with Gasteiger partial charge in [-0.1, -0.05) is 0 Å². The highest BCUT2D eigenvalue weighted by molar-refractivity contribution is 14.1. The largest absolute Gasteiger partial charge is 0.493 e. The minimum absolute atomic E-state index is 0.00714. The minimum Gasteiger partial charge on any atom is -0.493 e. The topological polar surface area (TPSA) is 70.6 Å². The van der Waals surface area contributed by atoms with Crippen LogP contribution in [0.15, 0.2) is 36.4 Å². The lowest BCUT2D eigenvalue weighted by Gasteiger charge is -2.30. The van der Waals surface area contributed by atoms with Crippen molar-refractivity contribution in [3.63, 3.8) is 0 Å². The Labute approximate surface area is 182 Å². The summed E-state index contributed by atoms with van der Waals surface area (Å²) < 4.78 is 33.8. The van der Waals surface area contributed by atoms with Crippen molar-refractivity contribution in [2.45, 2.75) is 38.0 Å². The summed E-state index contributed by atoms with van der Waals surface area (Å²) in [5.74, 6) is -0.889. The second-order valence-electron chi connectivity index (χ2n) is 7.14. The van der Waals surface area contributed by atoms with Gasteiger partial charge in [-0.25, -0.2) is 8.78 Å². The van der Waals surface area contributed by atoms with Gasteiger partial charge in [-0.15, -0.1) is 0 Å². The Morgan fingerprint density at radius 2 is 2.00 bits per heavy atom. The summed E-state index contributed by atoms with van der Waals surface area (Å²) in [6, 6.07) is 8.47. The number of aliphatic hydroxyl groups excluding tert-OH is 1. The van der Waals surface area contributed by atoms with Gasteiger partial charge in [0.15, 0.2) is 0 Å². The SMILES string of the molecule is CC(=O)N[C@@H](Cc1cc(F)cc(F)c1)[C@H](O)CNC1CCOc2ccc(I)cc21. The van der Waals surface area contributed by atoms with Gasteiger partial charge in [-0.2, -0.15) is 0 Å². The summed E-state index contributed by atoms with van der Waals surface area (Å²) in [6.45, 7) is 2.12. The van der Waals surface area contributed by atoms with E-state index in [4.69, 9.17) is 4.74 Å². The Morgan fingerprint density at radius 1 is 1.28 bits per heavy atom. The monoisotopic (exact) mass is 516 g/mol. The molecule has 3 rings (SSSR count). The van der Waals surface area contributed by atoms with E-state index in [0.29, 0.717) is 12.2 Å². The highest BCUT2D eigenvalue weighted by Gasteiger charge is 2.25. The van der Waals surface area contributed by atoms with E-state index >= 15 is 0 Å². The van der Waals surface area contributed by atoms with E-state index in [1.165, 1.54) is 19.1 Å². The van der Waals surface area contributed by atoms with E-state index in [0.717, 1.165) is 27.4 Å². The molecule has 0 radical (unpaired) electrons. The maximum Gasteiger partial charge on any atom is 0.217 e. The summed E-state index contributed by atoms with van der Waals surface area (Å²) in [5.41, 5.74) is 1.39. The normalized spacial score (nSPS) is 17.8. The third-order valence-corrected chi connectivity index (χ3v) is 5.49. The van der Waals surface area contributed by atoms with Crippen LogP contribution in [0.4, 0.5) is 8.78 Å². The zero-order valence-electron chi connectivity index (χ0n) is 15.9. The third kappa shape index (κ3) is 6.10. The van der Waals surface area contributed by atoms with Gasteiger partial charge in [-0.05, 0) is 64.9 Å². The van der Waals surface area contributed by atoms with Gasteiger partial charge >= 0.3 is 0 Å². The average Bonchev–Trinajstić information content (AvgIpc) is 2.64. The highest BCUT2D eigenvalue weighted by Crippen LogP contribution is 2.33. The van der Waals surface area contributed by atoms with Crippen molar-refractivity contribution in [2.24, 2.45) is 0 Å². The molecule has 0 aromatic heterocycles. The summed E-state index contributed by atoms with van der Waals surface area (Å²) in [7, 11) is 0. The number of ether oxygens (including phenoxy) is 1. The fourth-order valence-electron chi connectivity index (χ4n) is 3.51. The number of carbonyl (C=O) groups excluding carboxylic acids is 1. The summed E-state index contributed by atoms with van der Waals surface area (Å²) in [5, 5.41) is 16.7. The van der Waals surface area contributed by atoms with Crippen molar-refractivity contribution >= 4 is 28.5 Å². The zero-order valence-corrected chi connectivity index (χ0v) is 18.1. The second kappa shape index (κ2) is 9.82. The van der Waals surface area contributed by atoms with Gasteiger partial charge in [0.05, 0.1) is 18.8 Å². The van der Waals surface area contributed by atoms with Crippen LogP contribution in [0.5, 0.6) is 5.75 Å². The van der Waals surface area contributed by atoms with E-state index in [1.807, 2.05) is 18.2 Å². The molecule has 2 aromatic carbocycles. The van der Waals surface area contributed by atoms with Crippen molar-refractivity contribution in [3.8, 4) is 5.75 Å². The molecule has 8 heteroatoms. The number of amides is 1. The van der Waals surface area contributed by atoms with Crippen LogP contribution in [0.25, 0.3) is 0 Å². The van der Waals surface area contributed by atoms with Crippen LogP contribution in [0.2, 0.25) is 0 Å². The fourth-order valence-corrected chi connectivity index (χ4v) is 4.02. The highest BCUT2D eigenvalue weighted by atomic mass is 127. The molecular weight excluding hydrogens is 493 g/mol. The van der Waals surface area contributed by atoms with Crippen LogP contribution >= 0.6 is 22.6 Å². The molecule has 2 aromatic rings. The molecular formula is C21H23F2IN2O3. The number of fused-ring (bicyclic) bond motifs is 1. The van der Waals surface area contributed by atoms with E-state index in [2.05, 4.69) is 33.2 Å². The van der Waals surface area contributed by atoms with Crippen LogP contribution in [0.3, 0.4) is 0 Å². The molecule has 0 aliphatic carbocycles. The quantitative estimate of drug-likeness (QED) is 0.495. The molecule has 0 fully saturated rings. The van der Waals surface area contributed by atoms with Crippen LogP contribution in [-0.2, 0) is 11.2 Å². The Bertz CT molecular complexity index is 861. The van der Waals surface area contributed by atoms with E-state index in [1.54, 1.807) is 0 Å². The molecule has 5 nitrogen and oxygen atoms in total. The van der Waals surface area contributed by atoms with Crippen molar-refractivity contribution in [3.05, 3.63) is 62.7 Å². The number of rotatable bonds is 7. The number of aliphatic hydroxyl groups is 1. The molecule has 3 atom stereocenters. The first kappa shape index (κ1) is 21.9. The van der Waals surface area contributed by atoms with Crippen molar-refractivity contribution < 1.29 is 23.4 Å². The van der Waals surface area contributed by atoms with Gasteiger partial charge in [0.1, 0.15) is 17.4 Å². The standard InChI is InChI=1S/C21H23F2IN2O3/c1-12(27)26-19(8-13-6-14(22)9-15(23)7-13)20(28)11-25-18-4-5-29-21-3-2-16(24)10-17(18)21/h2-3,6-7,9-10,18-20,25,28H,4-5,8,11H2,1H3,(H,26,27)/t18?,19-,20+/m0/s1. The van der Waals surface area contributed by atoms with E-state index in [9.17, 15) is 18.7 Å². The molecule has 0 saturated heterocycles. The maximum atomic E-state index is 13.5. The number of hydrogen-bond donors (Lipinski definition) is 3. The van der Waals surface area contributed by atoms with E-state index < -0.39 is 23.8 Å². The van der Waals surface area contributed by atoms with E-state index in [-0.39, 0.29) is 24.9 Å². The van der Waals surface area contributed by atoms with Crippen molar-refractivity contribution in [1.82, 2.24) is 10.6 Å². The predicted octanol–water partition coefficient (Wildman–Crippen LogP) is 3.09. The summed E-state index contributed by atoms with van der Waals surface area (Å²) in [4.78, 5) is 11.6. The van der Waals surface area contributed by atoms with Crippen LogP contribution in [-0.4, -0.2) is 36.3 Å². The molecule has 29 heavy (non-hydrogen) atoms. The van der Waals surface area contributed by atoms with Crippen LogP contribution in [0.1, 0.15) is 30.5 Å². The number of hydrogen-bond acceptors (Lipinski definition) is 4. The van der Waals surface area contributed by atoms with Crippen LogP contribution < -0.4 is 15.4 Å². The molecule has 1 heterocycles. The lowest BCUT2D eigenvalue weighted by Crippen LogP contribution is -2.48. The maximum absolute atomic E-state index is 13.5. The third-order valence-electron chi connectivity index (χ3n) is 4.82. The number of nitrogens with one attached hydrogen (secondary N) is 2. The first-order valence-electron chi connectivity index (χ1n) is 9.37. The Kier molecular flexibility index (Phi) is 7.42. The van der Waals surface area contributed by atoms with Gasteiger partial charge in [0, 0.05) is 41.1 Å². The number of halogens is 3. The molecule has 1 unspecified atom stereocenters. The van der Waals surface area contributed by atoms with Gasteiger partial charge in [0.25, 0.3) is 0 Å². The number of benzene rings is 2. The smallest absolute Gasteiger partial charge is 0.217 e. The summed E-state index contributed by atoms with van der Waals surface area (Å²) in [6.07, 6.45) is -0.0849. The first-order valence-corrected chi connectivity index (χ1v) is 10.5. The lowest BCUT2D eigenvalue weighted by molar-refractivity contribution is -0.120. The molecule has 156 valence electrons. The molecule has 3 N–H and O–H groups in total. The van der Waals surface area contributed by atoms with Crippen LogP contribution in [0, 0.1) is 15.2 Å². The molecule has 0 spiro atoms. The predicted molar refractivity (Wildman–Crippen MR) is 114 cm³/mol. The summed E-state index contributed by atoms with van der Waals surface area (Å²) >= 11 is 2.24. The molecule has 0 bridgehead atoms. The number of carbonyl (C=O) groups is 1. The van der Waals surface area contributed by atoms with Gasteiger partial charge in [0.2, 0.25) is 5.91 Å². The molecule has 0 saturated carbocycles. The van der Waals surface area contributed by atoms with Crippen molar-refractivity contribution in [2.75, 3.05) is 13.2 Å². The fraction of sp³-hybridized carbons (Fsp3) is 0.381. The Hall–Kier alpha value is -1.78. The van der Waals surface area contributed by atoms with Gasteiger partial charge < -0.3 is 20.5 Å². The Morgan fingerprint density at radius 3 is 2.69 bits per heavy atom. The lowest BCUT2D eigenvalue weighted by atomic mass is 9.98. The minimum atomic E-state index is -0.945. The zero-order chi connectivity index (χ0) is 21.0. The van der Waals surface area contributed by atoms with Gasteiger partial charge in [-0.3, -0.25) is 4.79 Å².